The van der Waals surface area contributed by atoms with Crippen molar-refractivity contribution in [2.24, 2.45) is 0 Å². The molecule has 0 bridgehead atoms. The molecule has 6 heteroatoms. The van der Waals surface area contributed by atoms with E-state index >= 15 is 0 Å². The summed E-state index contributed by atoms with van der Waals surface area (Å²) in [5.41, 5.74) is 11.3. The quantitative estimate of drug-likeness (QED) is 0.203. The maximum atomic E-state index is 6.15. The lowest BCUT2D eigenvalue weighted by atomic mass is 10.1. The molecule has 0 atom stereocenters. The number of pyridine rings is 2. The van der Waals surface area contributed by atoms with Gasteiger partial charge in [0.15, 0.2) is 11.2 Å². The van der Waals surface area contributed by atoms with Gasteiger partial charge in [-0.15, -0.1) is 0 Å². The van der Waals surface area contributed by atoms with E-state index in [-0.39, 0.29) is 0 Å². The Morgan fingerprint density at radius 3 is 1.67 bits per heavy atom. The van der Waals surface area contributed by atoms with Gasteiger partial charge in [-0.2, -0.15) is 0 Å². The van der Waals surface area contributed by atoms with Gasteiger partial charge in [-0.1, -0.05) is 42.5 Å². The molecule has 0 aliphatic carbocycles. The average Bonchev–Trinajstić information content (AvgIpc) is 3.78. The van der Waals surface area contributed by atoms with E-state index in [1.165, 1.54) is 16.3 Å². The fraction of sp³-hybridized carbons (Fsp3) is 0. The number of aromatic nitrogens is 3. The first-order valence-corrected chi connectivity index (χ1v) is 15.2. The molecule has 5 aromatic heterocycles. The molecule has 0 saturated carbocycles. The van der Waals surface area contributed by atoms with Gasteiger partial charge in [-0.05, 0) is 91.0 Å². The highest BCUT2D eigenvalue weighted by molar-refractivity contribution is 6.11. The van der Waals surface area contributed by atoms with E-state index in [1.807, 2.05) is 48.8 Å². The predicted molar refractivity (Wildman–Crippen MR) is 186 cm³/mol. The van der Waals surface area contributed by atoms with Crippen molar-refractivity contribution in [2.45, 2.75) is 0 Å². The van der Waals surface area contributed by atoms with Crippen molar-refractivity contribution >= 4 is 83.0 Å². The number of hydrogen-bond acceptors (Lipinski definition) is 5. The molecule has 10 aromatic rings. The number of furan rings is 2. The average molecular weight is 593 g/mol. The summed E-state index contributed by atoms with van der Waals surface area (Å²) in [6.07, 6.45) is 3.62. The van der Waals surface area contributed by atoms with Crippen LogP contribution in [-0.2, 0) is 0 Å². The third-order valence-electron chi connectivity index (χ3n) is 8.86. The summed E-state index contributed by atoms with van der Waals surface area (Å²) in [5.74, 6) is 0. The van der Waals surface area contributed by atoms with Crippen molar-refractivity contribution in [3.05, 3.63) is 146 Å². The van der Waals surface area contributed by atoms with Gasteiger partial charge < -0.3 is 18.3 Å². The van der Waals surface area contributed by atoms with Crippen molar-refractivity contribution < 1.29 is 8.83 Å². The SMILES string of the molecule is c1ccc(-n2c3ccccc3c3ccc(N(c4ccc5oc6cccnc6c5c4)c4ccc5oc6cccnc6c5c4)cc32)cc1. The molecule has 0 radical (unpaired) electrons. The first-order valence-electron chi connectivity index (χ1n) is 15.2. The van der Waals surface area contributed by atoms with E-state index in [0.29, 0.717) is 0 Å². The summed E-state index contributed by atoms with van der Waals surface area (Å²) in [4.78, 5) is 11.6. The molecular weight excluding hydrogens is 568 g/mol. The van der Waals surface area contributed by atoms with Gasteiger partial charge in [0.05, 0.1) is 11.0 Å². The molecule has 46 heavy (non-hydrogen) atoms. The maximum Gasteiger partial charge on any atom is 0.153 e. The fourth-order valence-electron chi connectivity index (χ4n) is 6.85. The van der Waals surface area contributed by atoms with Crippen molar-refractivity contribution in [3.8, 4) is 5.69 Å². The van der Waals surface area contributed by atoms with Gasteiger partial charge in [-0.3, -0.25) is 9.97 Å². The summed E-state index contributed by atoms with van der Waals surface area (Å²) >= 11 is 0. The minimum atomic E-state index is 0.771. The molecule has 0 fully saturated rings. The zero-order valence-corrected chi connectivity index (χ0v) is 24.5. The van der Waals surface area contributed by atoms with E-state index in [1.54, 1.807) is 0 Å². The van der Waals surface area contributed by atoms with Gasteiger partial charge in [0.2, 0.25) is 0 Å². The van der Waals surface area contributed by atoms with E-state index in [2.05, 4.69) is 116 Å². The van der Waals surface area contributed by atoms with Crippen molar-refractivity contribution in [3.63, 3.8) is 0 Å². The Bertz CT molecular complexity index is 2660. The Labute approximate surface area is 262 Å². The standard InChI is InChI=1S/C40H24N4O2/c1-2-8-25(9-3-1)44-33-11-5-4-10-29(33)30-17-14-28(24-34(30)44)43(26-15-18-35-31(22-26)39-37(45-35)12-6-20-41-39)27-16-19-36-32(23-27)40-38(46-36)13-7-21-42-40/h1-24H. The number of fused-ring (bicyclic) bond motifs is 9. The number of rotatable bonds is 4. The first kappa shape index (κ1) is 25.0. The summed E-state index contributed by atoms with van der Waals surface area (Å²) in [6.45, 7) is 0. The minimum Gasteiger partial charge on any atom is -0.454 e. The van der Waals surface area contributed by atoms with Crippen LogP contribution in [0.25, 0.3) is 71.6 Å². The Morgan fingerprint density at radius 1 is 0.435 bits per heavy atom. The van der Waals surface area contributed by atoms with Gasteiger partial charge in [0.1, 0.15) is 22.2 Å². The Kier molecular flexibility index (Phi) is 5.19. The van der Waals surface area contributed by atoms with E-state index in [9.17, 15) is 0 Å². The third-order valence-corrected chi connectivity index (χ3v) is 8.86. The minimum absolute atomic E-state index is 0.771. The Hall–Kier alpha value is -6.40. The second-order valence-electron chi connectivity index (χ2n) is 11.5. The number of nitrogens with zero attached hydrogens (tertiary/aromatic N) is 4. The predicted octanol–water partition coefficient (Wildman–Crippen LogP) is 10.8. The molecule has 10 rings (SSSR count). The topological polar surface area (TPSA) is 60.2 Å². The second kappa shape index (κ2) is 9.55. The smallest absolute Gasteiger partial charge is 0.153 e. The molecule has 6 nitrogen and oxygen atoms in total. The molecule has 0 aliphatic rings. The van der Waals surface area contributed by atoms with Crippen LogP contribution in [0.3, 0.4) is 0 Å². The van der Waals surface area contributed by atoms with Crippen LogP contribution in [0.5, 0.6) is 0 Å². The molecule has 0 amide bonds. The largest absolute Gasteiger partial charge is 0.454 e. The van der Waals surface area contributed by atoms with E-state index in [0.717, 1.165) is 72.4 Å². The van der Waals surface area contributed by atoms with Crippen LogP contribution in [-0.4, -0.2) is 14.5 Å². The van der Waals surface area contributed by atoms with E-state index < -0.39 is 0 Å². The number of para-hydroxylation sites is 2. The zero-order chi connectivity index (χ0) is 30.2. The van der Waals surface area contributed by atoms with Gasteiger partial charge >= 0.3 is 0 Å². The molecule has 216 valence electrons. The molecule has 5 heterocycles. The van der Waals surface area contributed by atoms with Crippen LogP contribution < -0.4 is 4.90 Å². The highest BCUT2D eigenvalue weighted by Gasteiger charge is 2.20. The molecule has 0 aliphatic heterocycles. The number of benzene rings is 5. The van der Waals surface area contributed by atoms with Crippen molar-refractivity contribution in [2.75, 3.05) is 4.90 Å². The lowest BCUT2D eigenvalue weighted by Gasteiger charge is -2.26. The highest BCUT2D eigenvalue weighted by atomic mass is 16.3. The molecule has 0 saturated heterocycles. The zero-order valence-electron chi connectivity index (χ0n) is 24.5. The van der Waals surface area contributed by atoms with Crippen LogP contribution in [0.4, 0.5) is 17.1 Å². The van der Waals surface area contributed by atoms with Gasteiger partial charge in [-0.25, -0.2) is 0 Å². The fourth-order valence-corrected chi connectivity index (χ4v) is 6.85. The lowest BCUT2D eigenvalue weighted by molar-refractivity contribution is 0.668. The van der Waals surface area contributed by atoms with E-state index in [4.69, 9.17) is 8.83 Å². The van der Waals surface area contributed by atoms with Crippen LogP contribution >= 0.6 is 0 Å². The molecule has 0 unspecified atom stereocenters. The summed E-state index contributed by atoms with van der Waals surface area (Å²) in [5, 5.41) is 4.35. The third kappa shape index (κ3) is 3.64. The second-order valence-corrected chi connectivity index (χ2v) is 11.5. The molecule has 0 spiro atoms. The van der Waals surface area contributed by atoms with Gasteiger partial charge in [0.25, 0.3) is 0 Å². The number of hydrogen-bond donors (Lipinski definition) is 0. The normalized spacial score (nSPS) is 11.9. The van der Waals surface area contributed by atoms with Crippen LogP contribution in [0, 0.1) is 0 Å². The first-order chi connectivity index (χ1) is 22.8. The number of anilines is 3. The Morgan fingerprint density at radius 2 is 1.00 bits per heavy atom. The van der Waals surface area contributed by atoms with Crippen molar-refractivity contribution in [1.29, 1.82) is 0 Å². The van der Waals surface area contributed by atoms with Gasteiger partial charge in [0, 0.05) is 56.7 Å². The maximum absolute atomic E-state index is 6.15. The van der Waals surface area contributed by atoms with Crippen LogP contribution in [0.2, 0.25) is 0 Å². The molecular formula is C40H24N4O2. The van der Waals surface area contributed by atoms with Crippen molar-refractivity contribution in [1.82, 2.24) is 14.5 Å². The highest BCUT2D eigenvalue weighted by Crippen LogP contribution is 2.42. The summed E-state index contributed by atoms with van der Waals surface area (Å²) in [7, 11) is 0. The lowest BCUT2D eigenvalue weighted by Crippen LogP contribution is -2.10. The molecule has 5 aromatic carbocycles. The van der Waals surface area contributed by atoms with Crippen LogP contribution in [0.1, 0.15) is 0 Å². The summed E-state index contributed by atoms with van der Waals surface area (Å²) < 4.78 is 14.6. The Balaban J connectivity index is 1.26. The molecule has 0 N–H and O–H groups in total. The summed E-state index contributed by atoms with van der Waals surface area (Å²) in [6, 6.07) is 46.2. The monoisotopic (exact) mass is 592 g/mol. The van der Waals surface area contributed by atoms with Crippen LogP contribution in [0.15, 0.2) is 155 Å².